The second-order valence-electron chi connectivity index (χ2n) is 4.16. The molecule has 0 aliphatic carbocycles. The average molecular weight is 306 g/mol. The molecular formula is C14H12BrNO2. The van der Waals surface area contributed by atoms with Crippen molar-refractivity contribution in [2.45, 2.75) is 13.5 Å². The van der Waals surface area contributed by atoms with Crippen LogP contribution in [0.4, 0.5) is 0 Å². The van der Waals surface area contributed by atoms with Crippen LogP contribution in [0.2, 0.25) is 0 Å². The second-order valence-corrected chi connectivity index (χ2v) is 5.01. The summed E-state index contributed by atoms with van der Waals surface area (Å²) in [6.45, 7) is 2.47. The van der Waals surface area contributed by atoms with Gasteiger partial charge in [0.15, 0.2) is 6.29 Å². The number of benzene rings is 1. The van der Waals surface area contributed by atoms with Gasteiger partial charge in [-0.3, -0.25) is 9.59 Å². The third-order valence-electron chi connectivity index (χ3n) is 2.67. The Morgan fingerprint density at radius 2 is 1.94 bits per heavy atom. The Labute approximate surface area is 113 Å². The molecule has 0 aliphatic rings. The monoisotopic (exact) mass is 305 g/mol. The molecule has 1 aromatic carbocycles. The number of nitrogens with zero attached hydrogens (tertiary/aromatic N) is 1. The topological polar surface area (TPSA) is 39.1 Å². The van der Waals surface area contributed by atoms with E-state index >= 15 is 0 Å². The van der Waals surface area contributed by atoms with E-state index < -0.39 is 0 Å². The fourth-order valence-corrected chi connectivity index (χ4v) is 2.19. The Morgan fingerprint density at radius 3 is 2.56 bits per heavy atom. The molecule has 2 rings (SSSR count). The molecule has 1 aromatic heterocycles. The van der Waals surface area contributed by atoms with Crippen LogP contribution in [0, 0.1) is 6.92 Å². The lowest BCUT2D eigenvalue weighted by Gasteiger charge is -2.07. The molecule has 0 radical (unpaired) electrons. The molecule has 0 amide bonds. The Bertz CT molecular complexity index is 629. The SMILES string of the molecule is Cc1ccc(Cn2cc(C=O)cc(Br)c2=O)cc1. The Hall–Kier alpha value is -1.68. The zero-order valence-electron chi connectivity index (χ0n) is 9.89. The molecule has 0 N–H and O–H groups in total. The summed E-state index contributed by atoms with van der Waals surface area (Å²) in [6, 6.07) is 9.48. The van der Waals surface area contributed by atoms with Crippen LogP contribution in [0.25, 0.3) is 0 Å². The summed E-state index contributed by atoms with van der Waals surface area (Å²) < 4.78 is 1.93. The molecule has 0 aliphatic heterocycles. The summed E-state index contributed by atoms with van der Waals surface area (Å²) in [7, 11) is 0. The van der Waals surface area contributed by atoms with Gasteiger partial charge in [0.2, 0.25) is 0 Å². The predicted molar refractivity (Wildman–Crippen MR) is 74.1 cm³/mol. The molecule has 0 saturated carbocycles. The summed E-state index contributed by atoms with van der Waals surface area (Å²) in [5.74, 6) is 0. The highest BCUT2D eigenvalue weighted by molar-refractivity contribution is 9.10. The van der Waals surface area contributed by atoms with E-state index in [2.05, 4.69) is 15.9 Å². The molecule has 0 fully saturated rings. The van der Waals surface area contributed by atoms with Gasteiger partial charge in [-0.25, -0.2) is 0 Å². The molecule has 4 heteroatoms. The second kappa shape index (κ2) is 5.31. The number of carbonyl (C=O) groups excluding carboxylic acids is 1. The zero-order valence-corrected chi connectivity index (χ0v) is 11.5. The van der Waals surface area contributed by atoms with Crippen LogP contribution >= 0.6 is 15.9 Å². The highest BCUT2D eigenvalue weighted by atomic mass is 79.9. The molecule has 2 aromatic rings. The van der Waals surface area contributed by atoms with Gasteiger partial charge in [-0.05, 0) is 34.5 Å². The first-order valence-corrected chi connectivity index (χ1v) is 6.30. The largest absolute Gasteiger partial charge is 0.309 e. The highest BCUT2D eigenvalue weighted by Crippen LogP contribution is 2.08. The summed E-state index contributed by atoms with van der Waals surface area (Å²) >= 11 is 3.17. The van der Waals surface area contributed by atoms with Crippen molar-refractivity contribution in [1.82, 2.24) is 4.57 Å². The van der Waals surface area contributed by atoms with Gasteiger partial charge in [0.05, 0.1) is 11.0 Å². The lowest BCUT2D eigenvalue weighted by molar-refractivity contribution is 0.112. The Kier molecular flexibility index (Phi) is 3.77. The number of carbonyl (C=O) groups is 1. The van der Waals surface area contributed by atoms with Gasteiger partial charge in [-0.2, -0.15) is 0 Å². The predicted octanol–water partition coefficient (Wildman–Crippen LogP) is 2.78. The Morgan fingerprint density at radius 1 is 1.28 bits per heavy atom. The molecule has 0 bridgehead atoms. The summed E-state index contributed by atoms with van der Waals surface area (Å²) in [6.07, 6.45) is 2.30. The van der Waals surface area contributed by atoms with Crippen LogP contribution in [-0.2, 0) is 6.54 Å². The average Bonchev–Trinajstić information content (AvgIpc) is 2.37. The maximum Gasteiger partial charge on any atom is 0.265 e. The van der Waals surface area contributed by atoms with Crippen LogP contribution in [0.1, 0.15) is 21.5 Å². The number of aldehydes is 1. The zero-order chi connectivity index (χ0) is 13.1. The molecule has 18 heavy (non-hydrogen) atoms. The number of aryl methyl sites for hydroxylation is 1. The number of rotatable bonds is 3. The number of aromatic nitrogens is 1. The van der Waals surface area contributed by atoms with Crippen molar-refractivity contribution in [1.29, 1.82) is 0 Å². The van der Waals surface area contributed by atoms with Gasteiger partial charge in [-0.1, -0.05) is 29.8 Å². The van der Waals surface area contributed by atoms with Crippen molar-refractivity contribution in [2.24, 2.45) is 0 Å². The van der Waals surface area contributed by atoms with E-state index in [4.69, 9.17) is 0 Å². The summed E-state index contributed by atoms with van der Waals surface area (Å²) in [5.41, 5.74) is 2.54. The summed E-state index contributed by atoms with van der Waals surface area (Å²) in [5, 5.41) is 0. The number of hydrogen-bond acceptors (Lipinski definition) is 2. The number of pyridine rings is 1. The fourth-order valence-electron chi connectivity index (χ4n) is 1.69. The smallest absolute Gasteiger partial charge is 0.265 e. The molecule has 0 unspecified atom stereocenters. The van der Waals surface area contributed by atoms with E-state index in [1.807, 2.05) is 31.2 Å². The van der Waals surface area contributed by atoms with Gasteiger partial charge in [-0.15, -0.1) is 0 Å². The maximum absolute atomic E-state index is 11.9. The molecule has 92 valence electrons. The molecule has 0 saturated heterocycles. The van der Waals surface area contributed by atoms with Crippen LogP contribution in [0.3, 0.4) is 0 Å². The van der Waals surface area contributed by atoms with Crippen LogP contribution in [-0.4, -0.2) is 10.9 Å². The van der Waals surface area contributed by atoms with Crippen molar-refractivity contribution in [3.63, 3.8) is 0 Å². The fraction of sp³-hybridized carbons (Fsp3) is 0.143. The first-order valence-electron chi connectivity index (χ1n) is 5.51. The quantitative estimate of drug-likeness (QED) is 0.818. The number of hydrogen-bond donors (Lipinski definition) is 0. The number of halogens is 1. The standard InChI is InChI=1S/C14H12BrNO2/c1-10-2-4-11(5-3-10)7-16-8-12(9-17)6-13(15)14(16)18/h2-6,8-9H,7H2,1H3. The van der Waals surface area contributed by atoms with E-state index in [1.165, 1.54) is 16.2 Å². The van der Waals surface area contributed by atoms with Crippen molar-refractivity contribution < 1.29 is 4.79 Å². The lowest BCUT2D eigenvalue weighted by Crippen LogP contribution is -2.21. The minimum Gasteiger partial charge on any atom is -0.309 e. The minimum atomic E-state index is -0.138. The van der Waals surface area contributed by atoms with Gasteiger partial charge in [0.25, 0.3) is 5.56 Å². The Balaban J connectivity index is 2.39. The maximum atomic E-state index is 11.9. The van der Waals surface area contributed by atoms with Crippen LogP contribution < -0.4 is 5.56 Å². The third kappa shape index (κ3) is 2.76. The van der Waals surface area contributed by atoms with Crippen molar-refractivity contribution >= 4 is 22.2 Å². The first kappa shape index (κ1) is 12.8. The van der Waals surface area contributed by atoms with Crippen LogP contribution in [0.15, 0.2) is 45.8 Å². The van der Waals surface area contributed by atoms with Gasteiger partial charge >= 0.3 is 0 Å². The van der Waals surface area contributed by atoms with Crippen molar-refractivity contribution in [3.05, 3.63) is 68.0 Å². The third-order valence-corrected chi connectivity index (χ3v) is 3.24. The minimum absolute atomic E-state index is 0.138. The lowest BCUT2D eigenvalue weighted by atomic mass is 10.1. The molecule has 1 heterocycles. The van der Waals surface area contributed by atoms with Crippen LogP contribution in [0.5, 0.6) is 0 Å². The normalized spacial score (nSPS) is 10.3. The van der Waals surface area contributed by atoms with Crippen molar-refractivity contribution in [3.8, 4) is 0 Å². The summed E-state index contributed by atoms with van der Waals surface area (Å²) in [4.78, 5) is 22.7. The van der Waals surface area contributed by atoms with E-state index in [9.17, 15) is 9.59 Å². The molecule has 0 spiro atoms. The van der Waals surface area contributed by atoms with E-state index in [0.29, 0.717) is 16.6 Å². The molecular weight excluding hydrogens is 294 g/mol. The van der Waals surface area contributed by atoms with E-state index in [1.54, 1.807) is 6.20 Å². The highest BCUT2D eigenvalue weighted by Gasteiger charge is 2.04. The van der Waals surface area contributed by atoms with Crippen molar-refractivity contribution in [2.75, 3.05) is 0 Å². The molecule has 3 nitrogen and oxygen atoms in total. The first-order chi connectivity index (χ1) is 8.60. The van der Waals surface area contributed by atoms with E-state index in [-0.39, 0.29) is 5.56 Å². The van der Waals surface area contributed by atoms with E-state index in [0.717, 1.165) is 11.8 Å². The van der Waals surface area contributed by atoms with Gasteiger partial charge in [0.1, 0.15) is 0 Å². The van der Waals surface area contributed by atoms with Gasteiger partial charge < -0.3 is 4.57 Å². The molecule has 0 atom stereocenters. The van der Waals surface area contributed by atoms with Gasteiger partial charge in [0, 0.05) is 11.8 Å².